The van der Waals surface area contributed by atoms with Crippen LogP contribution in [0.5, 0.6) is 0 Å². The third-order valence-electron chi connectivity index (χ3n) is 4.27. The Kier molecular flexibility index (Phi) is 3.72. The second kappa shape index (κ2) is 6.03. The molecule has 0 bridgehead atoms. The number of hydrogen-bond donors (Lipinski definition) is 0. The zero-order valence-electron chi connectivity index (χ0n) is 12.8. The van der Waals surface area contributed by atoms with Crippen LogP contribution in [0.3, 0.4) is 0 Å². The zero-order chi connectivity index (χ0) is 16.5. The van der Waals surface area contributed by atoms with E-state index in [2.05, 4.69) is 15.3 Å². The van der Waals surface area contributed by atoms with E-state index >= 15 is 0 Å². The standard InChI is InChI=1S/C16H15FN4O3/c17-12-6-4-10(5-7-12)8-14-20-24-16(22)21(14)9-13-18-15(23-19-13)11-2-1-3-11/h4-7,11H,1-3,8-9H2. The molecule has 0 spiro atoms. The quantitative estimate of drug-likeness (QED) is 0.713. The summed E-state index contributed by atoms with van der Waals surface area (Å²) in [5, 5.41) is 7.72. The predicted octanol–water partition coefficient (Wildman–Crippen LogP) is 2.27. The van der Waals surface area contributed by atoms with Crippen LogP contribution in [0, 0.1) is 5.82 Å². The number of halogens is 1. The molecule has 0 N–H and O–H groups in total. The van der Waals surface area contributed by atoms with Gasteiger partial charge in [-0.3, -0.25) is 9.09 Å². The summed E-state index contributed by atoms with van der Waals surface area (Å²) in [6.07, 6.45) is 3.64. The molecular weight excluding hydrogens is 315 g/mol. The van der Waals surface area contributed by atoms with Gasteiger partial charge in [0.1, 0.15) is 5.82 Å². The molecule has 1 aliphatic rings. The highest BCUT2D eigenvalue weighted by Gasteiger charge is 2.25. The van der Waals surface area contributed by atoms with Gasteiger partial charge in [0.2, 0.25) is 5.89 Å². The molecule has 3 aromatic rings. The highest BCUT2D eigenvalue weighted by molar-refractivity contribution is 5.19. The van der Waals surface area contributed by atoms with Crippen molar-refractivity contribution in [2.45, 2.75) is 38.1 Å². The van der Waals surface area contributed by atoms with Crippen LogP contribution in [0.4, 0.5) is 4.39 Å². The van der Waals surface area contributed by atoms with E-state index in [1.165, 1.54) is 23.1 Å². The molecule has 1 saturated carbocycles. The minimum absolute atomic E-state index is 0.134. The van der Waals surface area contributed by atoms with Crippen LogP contribution in [0.15, 0.2) is 38.1 Å². The lowest BCUT2D eigenvalue weighted by atomic mass is 9.85. The van der Waals surface area contributed by atoms with Crippen LogP contribution in [-0.4, -0.2) is 19.9 Å². The number of hydrogen-bond acceptors (Lipinski definition) is 6. The van der Waals surface area contributed by atoms with Crippen molar-refractivity contribution in [3.05, 3.63) is 63.7 Å². The van der Waals surface area contributed by atoms with E-state index < -0.39 is 5.76 Å². The molecule has 8 heteroatoms. The second-order valence-electron chi connectivity index (χ2n) is 5.93. The number of rotatable bonds is 5. The molecule has 0 atom stereocenters. The summed E-state index contributed by atoms with van der Waals surface area (Å²) in [5.41, 5.74) is 0.821. The van der Waals surface area contributed by atoms with Crippen LogP contribution in [-0.2, 0) is 13.0 Å². The summed E-state index contributed by atoms with van der Waals surface area (Å²) < 4.78 is 24.3. The smallest absolute Gasteiger partial charge is 0.339 e. The van der Waals surface area contributed by atoms with Crippen LogP contribution >= 0.6 is 0 Å². The molecule has 1 aromatic carbocycles. The molecule has 0 radical (unpaired) electrons. The molecule has 1 aliphatic carbocycles. The first-order chi connectivity index (χ1) is 11.7. The van der Waals surface area contributed by atoms with Gasteiger partial charge >= 0.3 is 5.76 Å². The first-order valence-corrected chi connectivity index (χ1v) is 7.81. The summed E-state index contributed by atoms with van der Waals surface area (Å²) in [4.78, 5) is 16.2. The molecule has 7 nitrogen and oxygen atoms in total. The van der Waals surface area contributed by atoms with Gasteiger partial charge in [0.15, 0.2) is 11.6 Å². The fraction of sp³-hybridized carbons (Fsp3) is 0.375. The van der Waals surface area contributed by atoms with Crippen molar-refractivity contribution in [1.29, 1.82) is 0 Å². The Morgan fingerprint density at radius 1 is 1.17 bits per heavy atom. The zero-order valence-corrected chi connectivity index (χ0v) is 12.8. The normalized spacial score (nSPS) is 14.7. The largest absolute Gasteiger partial charge is 0.442 e. The molecule has 1 fully saturated rings. The summed E-state index contributed by atoms with van der Waals surface area (Å²) in [5.74, 6) is 0.919. The summed E-state index contributed by atoms with van der Waals surface area (Å²) in [6, 6.07) is 6.01. The topological polar surface area (TPSA) is 87.0 Å². The summed E-state index contributed by atoms with van der Waals surface area (Å²) >= 11 is 0. The van der Waals surface area contributed by atoms with Crippen molar-refractivity contribution in [3.8, 4) is 0 Å². The Balaban J connectivity index is 1.54. The Hall–Kier alpha value is -2.77. The molecule has 24 heavy (non-hydrogen) atoms. The maximum atomic E-state index is 13.0. The van der Waals surface area contributed by atoms with E-state index in [4.69, 9.17) is 9.05 Å². The van der Waals surface area contributed by atoms with Gasteiger partial charge in [-0.25, -0.2) is 9.18 Å². The van der Waals surface area contributed by atoms with Gasteiger partial charge in [0.25, 0.3) is 0 Å². The molecule has 2 heterocycles. The second-order valence-corrected chi connectivity index (χ2v) is 5.93. The van der Waals surface area contributed by atoms with Gasteiger partial charge < -0.3 is 4.52 Å². The van der Waals surface area contributed by atoms with Crippen LogP contribution in [0.1, 0.15) is 48.3 Å². The lowest BCUT2D eigenvalue weighted by Gasteiger charge is -2.20. The van der Waals surface area contributed by atoms with Gasteiger partial charge in [-0.05, 0) is 30.5 Å². The average Bonchev–Trinajstić information content (AvgIpc) is 3.10. The Morgan fingerprint density at radius 3 is 2.67 bits per heavy atom. The fourth-order valence-electron chi connectivity index (χ4n) is 2.66. The van der Waals surface area contributed by atoms with Crippen molar-refractivity contribution in [3.63, 3.8) is 0 Å². The predicted molar refractivity (Wildman–Crippen MR) is 80.0 cm³/mol. The molecular formula is C16H15FN4O3. The first kappa shape index (κ1) is 14.8. The lowest BCUT2D eigenvalue weighted by molar-refractivity contribution is 0.290. The van der Waals surface area contributed by atoms with E-state index in [0.29, 0.717) is 29.9 Å². The molecule has 4 rings (SSSR count). The van der Waals surface area contributed by atoms with Crippen molar-refractivity contribution in [2.75, 3.05) is 0 Å². The molecule has 0 amide bonds. The molecule has 124 valence electrons. The third kappa shape index (κ3) is 2.86. The summed E-state index contributed by atoms with van der Waals surface area (Å²) in [7, 11) is 0. The van der Waals surface area contributed by atoms with Crippen molar-refractivity contribution in [2.24, 2.45) is 0 Å². The van der Waals surface area contributed by atoms with Gasteiger partial charge in [-0.15, -0.1) is 0 Å². The van der Waals surface area contributed by atoms with E-state index in [0.717, 1.165) is 18.4 Å². The molecule has 0 aliphatic heterocycles. The molecule has 0 unspecified atom stereocenters. The van der Waals surface area contributed by atoms with Crippen LogP contribution in [0.2, 0.25) is 0 Å². The monoisotopic (exact) mass is 330 g/mol. The lowest BCUT2D eigenvalue weighted by Crippen LogP contribution is -2.19. The van der Waals surface area contributed by atoms with Gasteiger partial charge in [-0.1, -0.05) is 28.9 Å². The highest BCUT2D eigenvalue weighted by Crippen LogP contribution is 2.35. The van der Waals surface area contributed by atoms with Crippen molar-refractivity contribution in [1.82, 2.24) is 19.9 Å². The number of nitrogens with zero attached hydrogens (tertiary/aromatic N) is 4. The Morgan fingerprint density at radius 2 is 1.96 bits per heavy atom. The Labute approximate surface area is 136 Å². The highest BCUT2D eigenvalue weighted by atomic mass is 19.1. The van der Waals surface area contributed by atoms with E-state index in [-0.39, 0.29) is 12.4 Å². The maximum Gasteiger partial charge on any atom is 0.442 e. The van der Waals surface area contributed by atoms with Crippen molar-refractivity contribution < 1.29 is 13.4 Å². The molecule has 2 aromatic heterocycles. The van der Waals surface area contributed by atoms with Gasteiger partial charge in [0, 0.05) is 12.3 Å². The van der Waals surface area contributed by atoms with Gasteiger partial charge in [0.05, 0.1) is 6.54 Å². The van der Waals surface area contributed by atoms with E-state index in [1.807, 2.05) is 0 Å². The van der Waals surface area contributed by atoms with Crippen LogP contribution in [0.25, 0.3) is 0 Å². The number of benzene rings is 1. The minimum atomic E-state index is -0.581. The maximum absolute atomic E-state index is 13.0. The fourth-order valence-corrected chi connectivity index (χ4v) is 2.66. The SMILES string of the molecule is O=c1onc(Cc2ccc(F)cc2)n1Cc1noc(C2CCC2)n1. The van der Waals surface area contributed by atoms with Gasteiger partial charge in [-0.2, -0.15) is 4.98 Å². The number of aromatic nitrogens is 4. The first-order valence-electron chi connectivity index (χ1n) is 7.81. The van der Waals surface area contributed by atoms with E-state index in [1.54, 1.807) is 12.1 Å². The van der Waals surface area contributed by atoms with E-state index in [9.17, 15) is 9.18 Å². The Bertz CT molecular complexity index is 893. The molecule has 0 saturated heterocycles. The summed E-state index contributed by atoms with van der Waals surface area (Å²) in [6.45, 7) is 0.134. The average molecular weight is 330 g/mol. The van der Waals surface area contributed by atoms with Crippen LogP contribution < -0.4 is 5.76 Å². The third-order valence-corrected chi connectivity index (χ3v) is 4.27. The van der Waals surface area contributed by atoms with Crippen molar-refractivity contribution >= 4 is 0 Å². The minimum Gasteiger partial charge on any atom is -0.339 e.